The van der Waals surface area contributed by atoms with Gasteiger partial charge in [-0.25, -0.2) is 0 Å². The zero-order valence-electron chi connectivity index (χ0n) is 16.3. The normalized spacial score (nSPS) is 17.3. The Morgan fingerprint density at radius 1 is 1.23 bits per heavy atom. The molecule has 1 aromatic carbocycles. The quantitative estimate of drug-likeness (QED) is 0.667. The SMILES string of the molecule is CCC(C)C(=O)Nc1cccc(CNC(=O)CC(C)C2CCNCC2)c1. The van der Waals surface area contributed by atoms with Crippen molar-refractivity contribution in [2.45, 2.75) is 53.0 Å². The van der Waals surface area contributed by atoms with Crippen molar-refractivity contribution in [2.24, 2.45) is 17.8 Å². The second-order valence-corrected chi connectivity index (χ2v) is 7.54. The van der Waals surface area contributed by atoms with Crippen molar-refractivity contribution in [3.63, 3.8) is 0 Å². The molecule has 1 aliphatic rings. The van der Waals surface area contributed by atoms with Gasteiger partial charge in [0.15, 0.2) is 0 Å². The summed E-state index contributed by atoms with van der Waals surface area (Å²) in [6, 6.07) is 7.68. The van der Waals surface area contributed by atoms with Crippen LogP contribution in [0.3, 0.4) is 0 Å². The number of anilines is 1. The van der Waals surface area contributed by atoms with E-state index in [2.05, 4.69) is 22.9 Å². The van der Waals surface area contributed by atoms with Gasteiger partial charge in [-0.1, -0.05) is 32.9 Å². The Labute approximate surface area is 157 Å². The van der Waals surface area contributed by atoms with Crippen LogP contribution in [0.25, 0.3) is 0 Å². The van der Waals surface area contributed by atoms with Gasteiger partial charge >= 0.3 is 0 Å². The van der Waals surface area contributed by atoms with Crippen LogP contribution in [0.1, 0.15) is 52.0 Å². The fourth-order valence-corrected chi connectivity index (χ4v) is 3.36. The average molecular weight is 360 g/mol. The molecule has 26 heavy (non-hydrogen) atoms. The molecule has 1 saturated heterocycles. The Morgan fingerprint density at radius 2 is 1.96 bits per heavy atom. The summed E-state index contributed by atoms with van der Waals surface area (Å²) in [5.41, 5.74) is 1.78. The Hall–Kier alpha value is -1.88. The predicted octanol–water partition coefficient (Wildman–Crippen LogP) is 3.31. The first-order chi connectivity index (χ1) is 12.5. The summed E-state index contributed by atoms with van der Waals surface area (Å²) < 4.78 is 0. The monoisotopic (exact) mass is 359 g/mol. The third kappa shape index (κ3) is 6.45. The maximum absolute atomic E-state index is 12.3. The zero-order valence-corrected chi connectivity index (χ0v) is 16.3. The molecule has 1 aliphatic heterocycles. The molecule has 0 aliphatic carbocycles. The van der Waals surface area contributed by atoms with Crippen LogP contribution in [-0.2, 0) is 16.1 Å². The van der Waals surface area contributed by atoms with Gasteiger partial charge in [0, 0.05) is 24.6 Å². The molecule has 0 aromatic heterocycles. The minimum atomic E-state index is -0.00478. The molecule has 5 nitrogen and oxygen atoms in total. The van der Waals surface area contributed by atoms with E-state index in [9.17, 15) is 9.59 Å². The van der Waals surface area contributed by atoms with Crippen LogP contribution in [0.4, 0.5) is 5.69 Å². The minimum Gasteiger partial charge on any atom is -0.352 e. The molecule has 1 heterocycles. The van der Waals surface area contributed by atoms with Crippen LogP contribution in [0, 0.1) is 17.8 Å². The first-order valence-electron chi connectivity index (χ1n) is 9.86. The Morgan fingerprint density at radius 3 is 2.65 bits per heavy atom. The molecule has 1 fully saturated rings. The number of hydrogen-bond donors (Lipinski definition) is 3. The molecule has 5 heteroatoms. The standard InChI is InChI=1S/C21H33N3O2/c1-4-15(2)21(26)24-19-7-5-6-17(13-19)14-23-20(25)12-16(3)18-8-10-22-11-9-18/h5-7,13,15-16,18,22H,4,8-12,14H2,1-3H3,(H,23,25)(H,24,26). The maximum Gasteiger partial charge on any atom is 0.227 e. The van der Waals surface area contributed by atoms with E-state index in [1.54, 1.807) is 0 Å². The topological polar surface area (TPSA) is 70.2 Å². The summed E-state index contributed by atoms with van der Waals surface area (Å²) in [5.74, 6) is 1.18. The third-order valence-electron chi connectivity index (χ3n) is 5.44. The summed E-state index contributed by atoms with van der Waals surface area (Å²) >= 11 is 0. The molecule has 144 valence electrons. The first-order valence-corrected chi connectivity index (χ1v) is 9.86. The summed E-state index contributed by atoms with van der Waals surface area (Å²) in [4.78, 5) is 24.3. The fourth-order valence-electron chi connectivity index (χ4n) is 3.36. The smallest absolute Gasteiger partial charge is 0.227 e. The van der Waals surface area contributed by atoms with Crippen molar-refractivity contribution in [1.29, 1.82) is 0 Å². The molecule has 0 spiro atoms. The van der Waals surface area contributed by atoms with E-state index in [0.29, 0.717) is 24.8 Å². The number of amides is 2. The second kappa shape index (κ2) is 10.3. The number of benzene rings is 1. The average Bonchev–Trinajstić information content (AvgIpc) is 2.66. The second-order valence-electron chi connectivity index (χ2n) is 7.54. The zero-order chi connectivity index (χ0) is 18.9. The van der Waals surface area contributed by atoms with Gasteiger partial charge in [0.2, 0.25) is 11.8 Å². The van der Waals surface area contributed by atoms with Gasteiger partial charge < -0.3 is 16.0 Å². The lowest BCUT2D eigenvalue weighted by atomic mass is 9.84. The molecule has 2 rings (SSSR count). The van der Waals surface area contributed by atoms with E-state index >= 15 is 0 Å². The molecule has 1 aromatic rings. The lowest BCUT2D eigenvalue weighted by Gasteiger charge is -2.27. The predicted molar refractivity (Wildman–Crippen MR) is 106 cm³/mol. The lowest BCUT2D eigenvalue weighted by molar-refractivity contribution is -0.122. The number of carbonyl (C=O) groups excluding carboxylic acids is 2. The highest BCUT2D eigenvalue weighted by molar-refractivity contribution is 5.92. The number of carbonyl (C=O) groups is 2. The molecular weight excluding hydrogens is 326 g/mol. The summed E-state index contributed by atoms with van der Waals surface area (Å²) in [5, 5.41) is 9.32. The third-order valence-corrected chi connectivity index (χ3v) is 5.44. The van der Waals surface area contributed by atoms with Crippen molar-refractivity contribution in [3.05, 3.63) is 29.8 Å². The van der Waals surface area contributed by atoms with Crippen molar-refractivity contribution >= 4 is 17.5 Å². The van der Waals surface area contributed by atoms with Crippen molar-refractivity contribution in [2.75, 3.05) is 18.4 Å². The van der Waals surface area contributed by atoms with Crippen molar-refractivity contribution < 1.29 is 9.59 Å². The van der Waals surface area contributed by atoms with Crippen LogP contribution in [0.15, 0.2) is 24.3 Å². The molecule has 2 amide bonds. The molecule has 3 N–H and O–H groups in total. The maximum atomic E-state index is 12.3. The summed E-state index contributed by atoms with van der Waals surface area (Å²) in [6.07, 6.45) is 3.71. The van der Waals surface area contributed by atoms with Gasteiger partial charge in [0.05, 0.1) is 0 Å². The van der Waals surface area contributed by atoms with Gasteiger partial charge in [0.1, 0.15) is 0 Å². The van der Waals surface area contributed by atoms with E-state index in [1.807, 2.05) is 38.1 Å². The van der Waals surface area contributed by atoms with Crippen LogP contribution in [0.2, 0.25) is 0 Å². The fraction of sp³-hybridized carbons (Fsp3) is 0.619. The lowest BCUT2D eigenvalue weighted by Crippen LogP contribution is -2.33. The van der Waals surface area contributed by atoms with Crippen LogP contribution >= 0.6 is 0 Å². The van der Waals surface area contributed by atoms with Crippen molar-refractivity contribution in [3.8, 4) is 0 Å². The Kier molecular flexibility index (Phi) is 8.10. The van der Waals surface area contributed by atoms with Gasteiger partial charge in [-0.05, 0) is 61.9 Å². The highest BCUT2D eigenvalue weighted by atomic mass is 16.2. The van der Waals surface area contributed by atoms with E-state index in [4.69, 9.17) is 0 Å². The number of piperidine rings is 1. The number of nitrogens with one attached hydrogen (secondary N) is 3. The first kappa shape index (κ1) is 20.4. The number of hydrogen-bond acceptors (Lipinski definition) is 3. The summed E-state index contributed by atoms with van der Waals surface area (Å²) in [6.45, 7) is 8.72. The summed E-state index contributed by atoms with van der Waals surface area (Å²) in [7, 11) is 0. The molecule has 0 bridgehead atoms. The van der Waals surface area contributed by atoms with E-state index in [1.165, 1.54) is 0 Å². The molecule has 2 unspecified atom stereocenters. The Bertz CT molecular complexity index is 597. The molecule has 0 radical (unpaired) electrons. The van der Waals surface area contributed by atoms with Gasteiger partial charge in [-0.2, -0.15) is 0 Å². The minimum absolute atomic E-state index is 0.00478. The van der Waals surface area contributed by atoms with Crippen LogP contribution in [-0.4, -0.2) is 24.9 Å². The largest absolute Gasteiger partial charge is 0.352 e. The van der Waals surface area contributed by atoms with Crippen molar-refractivity contribution in [1.82, 2.24) is 10.6 Å². The van der Waals surface area contributed by atoms with E-state index < -0.39 is 0 Å². The van der Waals surface area contributed by atoms with Gasteiger partial charge in [-0.3, -0.25) is 9.59 Å². The van der Waals surface area contributed by atoms with E-state index in [0.717, 1.165) is 43.6 Å². The Balaban J connectivity index is 1.80. The highest BCUT2D eigenvalue weighted by Gasteiger charge is 2.21. The van der Waals surface area contributed by atoms with Gasteiger partial charge in [0.25, 0.3) is 0 Å². The van der Waals surface area contributed by atoms with Crippen LogP contribution in [0.5, 0.6) is 0 Å². The van der Waals surface area contributed by atoms with E-state index in [-0.39, 0.29) is 17.7 Å². The number of rotatable bonds is 8. The molecule has 0 saturated carbocycles. The molecular formula is C21H33N3O2. The van der Waals surface area contributed by atoms with Gasteiger partial charge in [-0.15, -0.1) is 0 Å². The molecule has 2 atom stereocenters. The highest BCUT2D eigenvalue weighted by Crippen LogP contribution is 2.24. The van der Waals surface area contributed by atoms with Crippen LogP contribution < -0.4 is 16.0 Å².